The fourth-order valence-electron chi connectivity index (χ4n) is 3.18. The summed E-state index contributed by atoms with van der Waals surface area (Å²) in [6.07, 6.45) is 0. The standard InChI is InChI=1S/C21H22ClFN4O/c1-14-18(15(2)27(25-14)17-7-5-4-6-8-17)12-26(3)13-21(28)24-20-10-9-16(23)11-19(20)22/h4-11H,12-13H2,1-3H3,(H,24,28)/p+1. The summed E-state index contributed by atoms with van der Waals surface area (Å²) in [6, 6.07) is 13.9. The number of aryl methyl sites for hydroxylation is 1. The van der Waals surface area contributed by atoms with Gasteiger partial charge in [0.05, 0.1) is 40.4 Å². The van der Waals surface area contributed by atoms with Gasteiger partial charge in [-0.05, 0) is 44.2 Å². The Bertz CT molecular complexity index is 988. The van der Waals surface area contributed by atoms with Gasteiger partial charge in [-0.3, -0.25) is 4.79 Å². The lowest BCUT2D eigenvalue weighted by atomic mass is 10.2. The number of benzene rings is 2. The molecular formula is C21H23ClFN4O+. The van der Waals surface area contributed by atoms with Gasteiger partial charge in [0.25, 0.3) is 5.91 Å². The lowest BCUT2D eigenvalue weighted by molar-refractivity contribution is -0.885. The molecule has 2 aromatic carbocycles. The number of quaternary nitrogens is 1. The van der Waals surface area contributed by atoms with E-state index in [0.29, 0.717) is 12.2 Å². The number of carbonyl (C=O) groups is 1. The van der Waals surface area contributed by atoms with Crippen molar-refractivity contribution in [1.29, 1.82) is 0 Å². The molecule has 0 saturated carbocycles. The topological polar surface area (TPSA) is 51.4 Å². The normalized spacial score (nSPS) is 12.0. The van der Waals surface area contributed by atoms with Crippen molar-refractivity contribution in [2.45, 2.75) is 20.4 Å². The molecule has 0 bridgehead atoms. The van der Waals surface area contributed by atoms with E-state index in [0.717, 1.165) is 27.5 Å². The van der Waals surface area contributed by atoms with Crippen LogP contribution in [-0.4, -0.2) is 29.3 Å². The van der Waals surface area contributed by atoms with E-state index in [4.69, 9.17) is 11.6 Å². The van der Waals surface area contributed by atoms with Crippen molar-refractivity contribution in [1.82, 2.24) is 9.78 Å². The van der Waals surface area contributed by atoms with Crippen LogP contribution in [-0.2, 0) is 11.3 Å². The summed E-state index contributed by atoms with van der Waals surface area (Å²) < 4.78 is 15.1. The highest BCUT2D eigenvalue weighted by Gasteiger charge is 2.18. The van der Waals surface area contributed by atoms with Gasteiger partial charge in [-0.25, -0.2) is 9.07 Å². The Hall–Kier alpha value is -2.70. The monoisotopic (exact) mass is 401 g/mol. The first kappa shape index (κ1) is 20.0. The van der Waals surface area contributed by atoms with Crippen molar-refractivity contribution in [2.24, 2.45) is 0 Å². The number of hydrogen-bond acceptors (Lipinski definition) is 2. The fraction of sp³-hybridized carbons (Fsp3) is 0.238. The molecule has 3 aromatic rings. The highest BCUT2D eigenvalue weighted by Crippen LogP contribution is 2.22. The van der Waals surface area contributed by atoms with Crippen LogP contribution in [0.2, 0.25) is 5.02 Å². The maximum atomic E-state index is 13.1. The summed E-state index contributed by atoms with van der Waals surface area (Å²) in [5.41, 5.74) is 4.54. The Balaban J connectivity index is 1.67. The minimum Gasteiger partial charge on any atom is -0.326 e. The summed E-state index contributed by atoms with van der Waals surface area (Å²) in [7, 11) is 1.95. The maximum Gasteiger partial charge on any atom is 0.279 e. The lowest BCUT2D eigenvalue weighted by Crippen LogP contribution is -3.08. The molecule has 146 valence electrons. The Morgan fingerprint density at radius 2 is 1.93 bits per heavy atom. The Kier molecular flexibility index (Phi) is 6.11. The van der Waals surface area contributed by atoms with Crippen LogP contribution < -0.4 is 10.2 Å². The van der Waals surface area contributed by atoms with Gasteiger partial charge in [-0.1, -0.05) is 29.8 Å². The average Bonchev–Trinajstić information content (AvgIpc) is 2.93. The van der Waals surface area contributed by atoms with Crippen molar-refractivity contribution in [3.8, 4) is 5.69 Å². The van der Waals surface area contributed by atoms with Crippen molar-refractivity contribution in [3.63, 3.8) is 0 Å². The summed E-state index contributed by atoms with van der Waals surface area (Å²) in [4.78, 5) is 13.4. The molecular weight excluding hydrogens is 379 g/mol. The van der Waals surface area contributed by atoms with Crippen LogP contribution in [0.25, 0.3) is 5.69 Å². The van der Waals surface area contributed by atoms with E-state index < -0.39 is 5.82 Å². The van der Waals surface area contributed by atoms with Crippen LogP contribution in [0.3, 0.4) is 0 Å². The third-order valence-corrected chi connectivity index (χ3v) is 4.90. The zero-order chi connectivity index (χ0) is 20.3. The second-order valence-electron chi connectivity index (χ2n) is 6.88. The average molecular weight is 402 g/mol. The van der Waals surface area contributed by atoms with Crippen LogP contribution in [0.15, 0.2) is 48.5 Å². The molecule has 1 aromatic heterocycles. The van der Waals surface area contributed by atoms with Gasteiger partial charge in [0.2, 0.25) is 0 Å². The SMILES string of the molecule is Cc1nn(-c2ccccc2)c(C)c1C[NH+](C)CC(=O)Nc1ccc(F)cc1Cl. The van der Waals surface area contributed by atoms with Gasteiger partial charge < -0.3 is 10.2 Å². The molecule has 0 radical (unpaired) electrons. The smallest absolute Gasteiger partial charge is 0.279 e. The van der Waals surface area contributed by atoms with Crippen LogP contribution in [0.5, 0.6) is 0 Å². The second kappa shape index (κ2) is 8.54. The van der Waals surface area contributed by atoms with E-state index in [-0.39, 0.29) is 17.5 Å². The first-order chi connectivity index (χ1) is 13.3. The molecule has 5 nitrogen and oxygen atoms in total. The number of carbonyl (C=O) groups excluding carboxylic acids is 1. The van der Waals surface area contributed by atoms with Gasteiger partial charge in [0, 0.05) is 0 Å². The molecule has 1 amide bonds. The first-order valence-electron chi connectivity index (χ1n) is 9.02. The van der Waals surface area contributed by atoms with Crippen molar-refractivity contribution >= 4 is 23.2 Å². The number of anilines is 1. The zero-order valence-corrected chi connectivity index (χ0v) is 16.8. The van der Waals surface area contributed by atoms with Crippen molar-refractivity contribution in [3.05, 3.63) is 76.3 Å². The predicted molar refractivity (Wildman–Crippen MR) is 109 cm³/mol. The number of likely N-dealkylation sites (N-methyl/N-ethyl adjacent to an activating group) is 1. The molecule has 0 fully saturated rings. The lowest BCUT2D eigenvalue weighted by Gasteiger charge is -2.15. The van der Waals surface area contributed by atoms with E-state index in [1.807, 2.05) is 55.9 Å². The van der Waals surface area contributed by atoms with Crippen LogP contribution in [0.4, 0.5) is 10.1 Å². The molecule has 0 spiro atoms. The summed E-state index contributed by atoms with van der Waals surface area (Å²) in [6.45, 7) is 4.93. The Morgan fingerprint density at radius 3 is 2.61 bits per heavy atom. The molecule has 0 aliphatic heterocycles. The molecule has 2 N–H and O–H groups in total. The van der Waals surface area contributed by atoms with Gasteiger partial charge >= 0.3 is 0 Å². The first-order valence-corrected chi connectivity index (χ1v) is 9.39. The molecule has 1 atom stereocenters. The minimum atomic E-state index is -0.438. The number of nitrogens with one attached hydrogen (secondary N) is 2. The van der Waals surface area contributed by atoms with Crippen LogP contribution in [0.1, 0.15) is 17.0 Å². The van der Waals surface area contributed by atoms with E-state index in [9.17, 15) is 9.18 Å². The summed E-state index contributed by atoms with van der Waals surface area (Å²) >= 11 is 5.97. The predicted octanol–water partition coefficient (Wildman–Crippen LogP) is 2.94. The Labute approximate surface area is 168 Å². The molecule has 1 heterocycles. The van der Waals surface area contributed by atoms with E-state index >= 15 is 0 Å². The number of rotatable bonds is 6. The molecule has 0 saturated heterocycles. The van der Waals surface area contributed by atoms with E-state index in [2.05, 4.69) is 10.4 Å². The highest BCUT2D eigenvalue weighted by atomic mass is 35.5. The maximum absolute atomic E-state index is 13.1. The molecule has 0 aliphatic carbocycles. The van der Waals surface area contributed by atoms with E-state index in [1.54, 1.807) is 0 Å². The van der Waals surface area contributed by atoms with Crippen molar-refractivity contribution in [2.75, 3.05) is 18.9 Å². The van der Waals surface area contributed by atoms with Gasteiger partial charge in [0.1, 0.15) is 12.4 Å². The number of amides is 1. The third-order valence-electron chi connectivity index (χ3n) is 4.59. The highest BCUT2D eigenvalue weighted by molar-refractivity contribution is 6.33. The van der Waals surface area contributed by atoms with Crippen LogP contribution in [0, 0.1) is 19.7 Å². The number of para-hydroxylation sites is 1. The largest absolute Gasteiger partial charge is 0.326 e. The van der Waals surface area contributed by atoms with Gasteiger partial charge in [0.15, 0.2) is 6.54 Å². The molecule has 0 aliphatic rings. The quantitative estimate of drug-likeness (QED) is 0.667. The molecule has 7 heteroatoms. The van der Waals surface area contributed by atoms with Crippen molar-refractivity contribution < 1.29 is 14.1 Å². The molecule has 3 rings (SSSR count). The second-order valence-corrected chi connectivity index (χ2v) is 7.29. The minimum absolute atomic E-state index is 0.182. The summed E-state index contributed by atoms with van der Waals surface area (Å²) in [5.74, 6) is -0.621. The number of hydrogen-bond donors (Lipinski definition) is 2. The third kappa shape index (κ3) is 4.58. The van der Waals surface area contributed by atoms with Crippen LogP contribution >= 0.6 is 11.6 Å². The Morgan fingerprint density at radius 1 is 1.21 bits per heavy atom. The number of halogens is 2. The summed E-state index contributed by atoms with van der Waals surface area (Å²) in [5, 5.41) is 7.57. The number of nitrogens with zero attached hydrogens (tertiary/aromatic N) is 2. The van der Waals surface area contributed by atoms with E-state index in [1.165, 1.54) is 18.2 Å². The van der Waals surface area contributed by atoms with Gasteiger partial charge in [-0.15, -0.1) is 0 Å². The van der Waals surface area contributed by atoms with Gasteiger partial charge in [-0.2, -0.15) is 5.10 Å². The molecule has 28 heavy (non-hydrogen) atoms. The number of aromatic nitrogens is 2. The molecule has 1 unspecified atom stereocenters. The zero-order valence-electron chi connectivity index (χ0n) is 16.1. The fourth-order valence-corrected chi connectivity index (χ4v) is 3.39.